The molecular weight excluding hydrogens is 194 g/mol. The third-order valence-electron chi connectivity index (χ3n) is 1.60. The number of rotatable bonds is 6. The Hall–Kier alpha value is -0.870. The average molecular weight is 209 g/mol. The van der Waals surface area contributed by atoms with Crippen molar-refractivity contribution in [2.45, 2.75) is 11.9 Å². The van der Waals surface area contributed by atoms with Crippen molar-refractivity contribution in [3.8, 4) is 0 Å². The number of hydrogen-bond donors (Lipinski definition) is 1. The van der Waals surface area contributed by atoms with Gasteiger partial charge in [-0.3, -0.25) is 0 Å². The number of thioether (sulfide) groups is 1. The van der Waals surface area contributed by atoms with E-state index in [1.165, 1.54) is 5.57 Å². The smallest absolute Gasteiger partial charge is 0.116 e. The summed E-state index contributed by atoms with van der Waals surface area (Å²) in [6, 6.07) is 1.91. The molecule has 0 atom stereocenters. The van der Waals surface area contributed by atoms with E-state index in [2.05, 4.69) is 28.8 Å². The summed E-state index contributed by atoms with van der Waals surface area (Å²) in [5, 5.41) is 4.24. The van der Waals surface area contributed by atoms with Crippen LogP contribution in [-0.4, -0.2) is 28.8 Å². The quantitative estimate of drug-likeness (QED) is 0.440. The highest BCUT2D eigenvalue weighted by Gasteiger charge is 1.97. The first-order chi connectivity index (χ1) is 6.83. The summed E-state index contributed by atoms with van der Waals surface area (Å²) in [6.07, 6.45) is 3.32. The van der Waals surface area contributed by atoms with Crippen LogP contribution in [0.25, 0.3) is 0 Å². The van der Waals surface area contributed by atoms with Crippen LogP contribution in [0.3, 0.4) is 0 Å². The molecule has 1 aromatic rings. The van der Waals surface area contributed by atoms with E-state index in [0.29, 0.717) is 0 Å². The summed E-state index contributed by atoms with van der Waals surface area (Å²) in [4.78, 5) is 7.98. The molecule has 0 radical (unpaired) electrons. The normalized spacial score (nSPS) is 10.1. The number of nitrogens with zero attached hydrogens (tertiary/aromatic N) is 2. The number of aromatic nitrogens is 2. The van der Waals surface area contributed by atoms with Crippen molar-refractivity contribution < 1.29 is 0 Å². The summed E-state index contributed by atoms with van der Waals surface area (Å²) in [6.45, 7) is 7.94. The van der Waals surface area contributed by atoms with Crippen molar-refractivity contribution >= 4 is 11.8 Å². The van der Waals surface area contributed by atoms with E-state index in [-0.39, 0.29) is 0 Å². The van der Waals surface area contributed by atoms with Crippen molar-refractivity contribution in [3.05, 3.63) is 30.7 Å². The molecule has 76 valence electrons. The van der Waals surface area contributed by atoms with Crippen LogP contribution in [0.15, 0.2) is 35.8 Å². The van der Waals surface area contributed by atoms with Crippen molar-refractivity contribution in [1.29, 1.82) is 0 Å². The minimum Gasteiger partial charge on any atom is -0.313 e. The maximum absolute atomic E-state index is 4.12. The average Bonchev–Trinajstić information content (AvgIpc) is 2.25. The Morgan fingerprint density at radius 2 is 2.50 bits per heavy atom. The maximum atomic E-state index is 4.12. The lowest BCUT2D eigenvalue weighted by molar-refractivity contribution is 0.779. The third kappa shape index (κ3) is 4.39. The molecule has 0 aliphatic rings. The highest BCUT2D eigenvalue weighted by molar-refractivity contribution is 7.99. The monoisotopic (exact) mass is 209 g/mol. The fraction of sp³-hybridized carbons (Fsp3) is 0.400. The predicted octanol–water partition coefficient (Wildman–Crippen LogP) is 1.73. The minimum absolute atomic E-state index is 0.884. The zero-order chi connectivity index (χ0) is 10.2. The summed E-state index contributed by atoms with van der Waals surface area (Å²) < 4.78 is 0. The van der Waals surface area contributed by atoms with Crippen molar-refractivity contribution in [1.82, 2.24) is 15.3 Å². The number of nitrogens with one attached hydrogen (secondary N) is 1. The van der Waals surface area contributed by atoms with Crippen LogP contribution >= 0.6 is 11.8 Å². The second-order valence-corrected chi connectivity index (χ2v) is 3.86. The molecule has 0 saturated carbocycles. The highest BCUT2D eigenvalue weighted by atomic mass is 32.2. The Balaban J connectivity index is 2.24. The van der Waals surface area contributed by atoms with Gasteiger partial charge in [-0.15, -0.1) is 11.8 Å². The predicted molar refractivity (Wildman–Crippen MR) is 60.4 cm³/mol. The molecule has 0 fully saturated rings. The largest absolute Gasteiger partial charge is 0.313 e. The lowest BCUT2D eigenvalue weighted by atomic mass is 10.3. The molecule has 3 nitrogen and oxygen atoms in total. The zero-order valence-corrected chi connectivity index (χ0v) is 9.18. The molecule has 0 saturated heterocycles. The standard InChI is InChI=1S/C10H15N3S/c1-3-11-6-9(2)7-14-10-4-5-12-8-13-10/h4-5,8,11H,2-3,6-7H2,1H3. The van der Waals surface area contributed by atoms with E-state index < -0.39 is 0 Å². The van der Waals surface area contributed by atoms with Gasteiger partial charge in [-0.2, -0.15) is 0 Å². The molecular formula is C10H15N3S. The molecule has 0 spiro atoms. The number of hydrogen-bond acceptors (Lipinski definition) is 4. The van der Waals surface area contributed by atoms with Gasteiger partial charge in [0.1, 0.15) is 6.33 Å². The lowest BCUT2D eigenvalue weighted by Crippen LogP contribution is -2.16. The molecule has 0 amide bonds. The van der Waals surface area contributed by atoms with Gasteiger partial charge in [-0.25, -0.2) is 9.97 Å². The van der Waals surface area contributed by atoms with Gasteiger partial charge in [0, 0.05) is 18.5 Å². The van der Waals surface area contributed by atoms with Crippen LogP contribution in [-0.2, 0) is 0 Å². The molecule has 0 unspecified atom stereocenters. The van der Waals surface area contributed by atoms with E-state index in [0.717, 1.165) is 23.9 Å². The lowest BCUT2D eigenvalue weighted by Gasteiger charge is -2.04. The van der Waals surface area contributed by atoms with Gasteiger partial charge in [-0.05, 0) is 12.6 Å². The molecule has 0 aliphatic carbocycles. The molecule has 0 aliphatic heterocycles. The Morgan fingerprint density at radius 1 is 1.64 bits per heavy atom. The summed E-state index contributed by atoms with van der Waals surface area (Å²) in [7, 11) is 0. The summed E-state index contributed by atoms with van der Waals surface area (Å²) >= 11 is 1.69. The maximum Gasteiger partial charge on any atom is 0.116 e. The van der Waals surface area contributed by atoms with Crippen LogP contribution in [0.2, 0.25) is 0 Å². The first-order valence-corrected chi connectivity index (χ1v) is 5.57. The number of likely N-dealkylation sites (N-methyl/N-ethyl adjacent to an activating group) is 1. The summed E-state index contributed by atoms with van der Waals surface area (Å²) in [5.41, 5.74) is 1.19. The Labute approximate surface area is 89.0 Å². The van der Waals surface area contributed by atoms with Crippen LogP contribution in [0.4, 0.5) is 0 Å². The van der Waals surface area contributed by atoms with Gasteiger partial charge in [0.15, 0.2) is 0 Å². The van der Waals surface area contributed by atoms with Gasteiger partial charge in [-0.1, -0.05) is 19.1 Å². The molecule has 14 heavy (non-hydrogen) atoms. The van der Waals surface area contributed by atoms with E-state index in [1.54, 1.807) is 24.3 Å². The zero-order valence-electron chi connectivity index (χ0n) is 8.36. The van der Waals surface area contributed by atoms with E-state index in [4.69, 9.17) is 0 Å². The molecule has 1 rings (SSSR count). The Morgan fingerprint density at radius 3 is 3.14 bits per heavy atom. The first-order valence-electron chi connectivity index (χ1n) is 4.59. The minimum atomic E-state index is 0.884. The van der Waals surface area contributed by atoms with Gasteiger partial charge in [0.25, 0.3) is 0 Å². The molecule has 0 bridgehead atoms. The molecule has 4 heteroatoms. The topological polar surface area (TPSA) is 37.8 Å². The van der Waals surface area contributed by atoms with Gasteiger partial charge < -0.3 is 5.32 Å². The third-order valence-corrected chi connectivity index (χ3v) is 2.69. The second kappa shape index (κ2) is 6.56. The first kappa shape index (κ1) is 11.2. The Bertz CT molecular complexity index is 274. The molecule has 1 heterocycles. The summed E-state index contributed by atoms with van der Waals surface area (Å²) in [5.74, 6) is 0.907. The van der Waals surface area contributed by atoms with Crippen LogP contribution in [0.1, 0.15) is 6.92 Å². The van der Waals surface area contributed by atoms with Crippen LogP contribution in [0, 0.1) is 0 Å². The van der Waals surface area contributed by atoms with Crippen molar-refractivity contribution in [2.75, 3.05) is 18.8 Å². The SMILES string of the molecule is C=C(CNCC)CSc1ccncn1. The van der Waals surface area contributed by atoms with Gasteiger partial charge in [0.05, 0.1) is 5.03 Å². The fourth-order valence-corrected chi connectivity index (χ4v) is 1.63. The van der Waals surface area contributed by atoms with Gasteiger partial charge >= 0.3 is 0 Å². The second-order valence-electron chi connectivity index (χ2n) is 2.87. The highest BCUT2D eigenvalue weighted by Crippen LogP contribution is 2.15. The fourth-order valence-electron chi connectivity index (χ4n) is 0.893. The van der Waals surface area contributed by atoms with Crippen molar-refractivity contribution in [3.63, 3.8) is 0 Å². The van der Waals surface area contributed by atoms with Crippen LogP contribution in [0.5, 0.6) is 0 Å². The molecule has 1 aromatic heterocycles. The van der Waals surface area contributed by atoms with E-state index in [9.17, 15) is 0 Å². The van der Waals surface area contributed by atoms with E-state index >= 15 is 0 Å². The molecule has 1 N–H and O–H groups in total. The molecule has 0 aromatic carbocycles. The Kier molecular flexibility index (Phi) is 5.25. The van der Waals surface area contributed by atoms with Crippen molar-refractivity contribution in [2.24, 2.45) is 0 Å². The van der Waals surface area contributed by atoms with Crippen LogP contribution < -0.4 is 5.32 Å². The van der Waals surface area contributed by atoms with E-state index in [1.807, 2.05) is 6.07 Å². The van der Waals surface area contributed by atoms with Gasteiger partial charge in [0.2, 0.25) is 0 Å².